The molecule has 0 amide bonds. The molecule has 2 fully saturated rings. The Kier molecular flexibility index (Phi) is 3.16. The second kappa shape index (κ2) is 4.78. The Bertz CT molecular complexity index is 369. The highest BCUT2D eigenvalue weighted by Gasteiger charge is 2.26. The number of hydrogen-bond donors (Lipinski definition) is 1. The summed E-state index contributed by atoms with van der Waals surface area (Å²) in [4.78, 5) is 6.84. The van der Waals surface area contributed by atoms with E-state index in [-0.39, 0.29) is 0 Å². The monoisotopic (exact) mass is 234 g/mol. The van der Waals surface area contributed by atoms with E-state index < -0.39 is 0 Å². The first-order valence-electron chi connectivity index (χ1n) is 6.80. The van der Waals surface area contributed by atoms with Crippen LogP contribution < -0.4 is 5.73 Å². The van der Waals surface area contributed by atoms with Gasteiger partial charge in [0.1, 0.15) is 0 Å². The first kappa shape index (κ1) is 11.2. The Hall–Kier alpha value is -0.870. The highest BCUT2D eigenvalue weighted by atomic mass is 15.2. The molecule has 0 bridgehead atoms. The zero-order chi connectivity index (χ0) is 11.7. The Morgan fingerprint density at radius 1 is 1.35 bits per heavy atom. The van der Waals surface area contributed by atoms with Gasteiger partial charge in [-0.05, 0) is 44.7 Å². The number of rotatable bonds is 4. The molecule has 3 rings (SSSR count). The molecular weight excluding hydrogens is 212 g/mol. The molecule has 1 aromatic rings. The first-order valence-corrected chi connectivity index (χ1v) is 6.80. The van der Waals surface area contributed by atoms with Gasteiger partial charge in [-0.3, -0.25) is 4.90 Å². The summed E-state index contributed by atoms with van der Waals surface area (Å²) in [5.74, 6) is 0.695. The summed E-state index contributed by atoms with van der Waals surface area (Å²) in [5.41, 5.74) is 7.16. The van der Waals surface area contributed by atoms with Gasteiger partial charge < -0.3 is 10.3 Å². The fourth-order valence-corrected chi connectivity index (χ4v) is 2.85. The minimum absolute atomic E-state index is 0.695. The maximum absolute atomic E-state index is 5.78. The Balaban J connectivity index is 1.63. The van der Waals surface area contributed by atoms with Gasteiger partial charge >= 0.3 is 0 Å². The lowest BCUT2D eigenvalue weighted by Gasteiger charge is -2.32. The van der Waals surface area contributed by atoms with E-state index in [1.807, 2.05) is 12.5 Å². The van der Waals surface area contributed by atoms with Gasteiger partial charge in [0, 0.05) is 25.3 Å². The van der Waals surface area contributed by atoms with Crippen LogP contribution in [0.4, 0.5) is 0 Å². The second-order valence-electron chi connectivity index (χ2n) is 5.50. The van der Waals surface area contributed by atoms with E-state index in [1.165, 1.54) is 37.9 Å². The highest BCUT2D eigenvalue weighted by molar-refractivity contribution is 5.03. The molecule has 94 valence electrons. The van der Waals surface area contributed by atoms with Crippen molar-refractivity contribution >= 4 is 0 Å². The maximum Gasteiger partial charge on any atom is 0.0951 e. The third-order valence-corrected chi connectivity index (χ3v) is 4.01. The average molecular weight is 234 g/mol. The summed E-state index contributed by atoms with van der Waals surface area (Å²) in [6, 6.07) is 0.739. The summed E-state index contributed by atoms with van der Waals surface area (Å²) in [5, 5.41) is 0. The van der Waals surface area contributed by atoms with Crippen molar-refractivity contribution in [3.63, 3.8) is 0 Å². The fraction of sp³-hybridized carbons (Fsp3) is 0.769. The molecule has 0 radical (unpaired) electrons. The maximum atomic E-state index is 5.78. The molecule has 1 saturated carbocycles. The molecule has 2 aliphatic rings. The van der Waals surface area contributed by atoms with Crippen molar-refractivity contribution in [1.29, 1.82) is 0 Å². The van der Waals surface area contributed by atoms with E-state index >= 15 is 0 Å². The molecule has 1 aromatic heterocycles. The summed E-state index contributed by atoms with van der Waals surface area (Å²) in [7, 11) is 0. The molecule has 4 heteroatoms. The molecule has 1 atom stereocenters. The van der Waals surface area contributed by atoms with Gasteiger partial charge in [-0.25, -0.2) is 4.98 Å². The van der Waals surface area contributed by atoms with Crippen molar-refractivity contribution < 1.29 is 0 Å². The number of nitrogens with zero attached hydrogens (tertiary/aromatic N) is 3. The van der Waals surface area contributed by atoms with E-state index in [9.17, 15) is 0 Å². The van der Waals surface area contributed by atoms with Gasteiger partial charge in [0.25, 0.3) is 0 Å². The predicted molar refractivity (Wildman–Crippen MR) is 67.6 cm³/mol. The van der Waals surface area contributed by atoms with Crippen LogP contribution in [0.5, 0.6) is 0 Å². The van der Waals surface area contributed by atoms with Crippen LogP contribution in [0.25, 0.3) is 0 Å². The van der Waals surface area contributed by atoms with Crippen molar-refractivity contribution in [2.24, 2.45) is 11.7 Å². The fourth-order valence-electron chi connectivity index (χ4n) is 2.85. The summed E-state index contributed by atoms with van der Waals surface area (Å²) >= 11 is 0. The number of imidazole rings is 1. The summed E-state index contributed by atoms with van der Waals surface area (Å²) in [6.45, 7) is 4.25. The van der Waals surface area contributed by atoms with Crippen LogP contribution in [-0.4, -0.2) is 34.1 Å². The number of likely N-dealkylation sites (tertiary alicyclic amines) is 1. The van der Waals surface area contributed by atoms with E-state index in [0.717, 1.165) is 25.7 Å². The standard InChI is InChI=1S/C13H22N4/c14-6-11-2-1-5-16(8-11)9-13-7-15-10-17(13)12-3-4-12/h7,10-12H,1-6,8-9,14H2. The largest absolute Gasteiger partial charge is 0.330 e. The minimum atomic E-state index is 0.695. The van der Waals surface area contributed by atoms with E-state index in [4.69, 9.17) is 5.73 Å². The summed E-state index contributed by atoms with van der Waals surface area (Å²) in [6.07, 6.45) is 9.28. The highest BCUT2D eigenvalue weighted by Crippen LogP contribution is 2.36. The Morgan fingerprint density at radius 2 is 2.24 bits per heavy atom. The lowest BCUT2D eigenvalue weighted by atomic mass is 9.98. The predicted octanol–water partition coefficient (Wildman–Crippen LogP) is 1.39. The number of aromatic nitrogens is 2. The van der Waals surface area contributed by atoms with E-state index in [1.54, 1.807) is 0 Å². The molecule has 1 aliphatic carbocycles. The lowest BCUT2D eigenvalue weighted by molar-refractivity contribution is 0.167. The van der Waals surface area contributed by atoms with Crippen LogP contribution in [-0.2, 0) is 6.54 Å². The van der Waals surface area contributed by atoms with Crippen molar-refractivity contribution in [3.8, 4) is 0 Å². The van der Waals surface area contributed by atoms with E-state index in [2.05, 4.69) is 14.5 Å². The second-order valence-corrected chi connectivity index (χ2v) is 5.50. The normalized spacial score (nSPS) is 26.3. The zero-order valence-electron chi connectivity index (χ0n) is 10.4. The molecule has 1 saturated heterocycles. The molecule has 17 heavy (non-hydrogen) atoms. The molecule has 1 aliphatic heterocycles. The van der Waals surface area contributed by atoms with Crippen LogP contribution in [0.1, 0.15) is 37.4 Å². The van der Waals surface area contributed by atoms with Crippen molar-refractivity contribution in [1.82, 2.24) is 14.5 Å². The Morgan fingerprint density at radius 3 is 3.00 bits per heavy atom. The van der Waals surface area contributed by atoms with Gasteiger partial charge in [0.05, 0.1) is 12.0 Å². The Labute approximate surface area is 103 Å². The third kappa shape index (κ3) is 2.53. The first-order chi connectivity index (χ1) is 8.36. The number of nitrogens with two attached hydrogens (primary N) is 1. The van der Waals surface area contributed by atoms with Crippen molar-refractivity contribution in [3.05, 3.63) is 18.2 Å². The van der Waals surface area contributed by atoms with Crippen LogP contribution >= 0.6 is 0 Å². The van der Waals surface area contributed by atoms with Gasteiger partial charge in [0.15, 0.2) is 0 Å². The van der Waals surface area contributed by atoms with Gasteiger partial charge in [-0.1, -0.05) is 0 Å². The quantitative estimate of drug-likeness (QED) is 0.856. The molecule has 2 N–H and O–H groups in total. The average Bonchev–Trinajstić information content (AvgIpc) is 3.11. The van der Waals surface area contributed by atoms with Gasteiger partial charge in [0.2, 0.25) is 0 Å². The van der Waals surface area contributed by atoms with Crippen molar-refractivity contribution in [2.45, 2.75) is 38.3 Å². The number of piperidine rings is 1. The topological polar surface area (TPSA) is 47.1 Å². The SMILES string of the molecule is NCC1CCCN(Cc2cncn2C2CC2)C1. The molecule has 0 spiro atoms. The lowest BCUT2D eigenvalue weighted by Crippen LogP contribution is -2.38. The smallest absolute Gasteiger partial charge is 0.0951 e. The molecule has 1 unspecified atom stereocenters. The molecule has 0 aromatic carbocycles. The zero-order valence-corrected chi connectivity index (χ0v) is 10.4. The molecule has 2 heterocycles. The van der Waals surface area contributed by atoms with Crippen LogP contribution in [0.15, 0.2) is 12.5 Å². The molecular formula is C13H22N4. The molecule has 4 nitrogen and oxygen atoms in total. The number of hydrogen-bond acceptors (Lipinski definition) is 3. The van der Waals surface area contributed by atoms with Crippen LogP contribution in [0, 0.1) is 5.92 Å². The van der Waals surface area contributed by atoms with Gasteiger partial charge in [-0.15, -0.1) is 0 Å². The minimum Gasteiger partial charge on any atom is -0.330 e. The third-order valence-electron chi connectivity index (χ3n) is 4.01. The van der Waals surface area contributed by atoms with Crippen molar-refractivity contribution in [2.75, 3.05) is 19.6 Å². The van der Waals surface area contributed by atoms with Gasteiger partial charge in [-0.2, -0.15) is 0 Å². The van der Waals surface area contributed by atoms with Crippen LogP contribution in [0.3, 0.4) is 0 Å². The van der Waals surface area contributed by atoms with E-state index in [0.29, 0.717) is 5.92 Å². The van der Waals surface area contributed by atoms with Crippen LogP contribution in [0.2, 0.25) is 0 Å². The summed E-state index contributed by atoms with van der Waals surface area (Å²) < 4.78 is 2.37.